The Morgan fingerprint density at radius 1 is 1.46 bits per heavy atom. The summed E-state index contributed by atoms with van der Waals surface area (Å²) < 4.78 is 10.7. The number of amides is 1. The van der Waals surface area contributed by atoms with Gasteiger partial charge in [-0.1, -0.05) is 6.92 Å². The molecule has 2 atom stereocenters. The number of hydrogen-bond donors (Lipinski definition) is 1. The standard InChI is InChI=1S/C16H24N4O4/c1-3-19(9-15-18-17-11(2)24-15)13-7-20(8-14(13)21)16(22)12-5-4-6-23-10-12/h10,13-14,21H,3-9H2,1-2H3/t13-,14-/m1/s1. The van der Waals surface area contributed by atoms with E-state index in [0.29, 0.717) is 43.6 Å². The van der Waals surface area contributed by atoms with Gasteiger partial charge < -0.3 is 19.2 Å². The molecule has 0 unspecified atom stereocenters. The summed E-state index contributed by atoms with van der Waals surface area (Å²) in [5, 5.41) is 18.3. The van der Waals surface area contributed by atoms with Gasteiger partial charge in [0.05, 0.1) is 37.1 Å². The maximum absolute atomic E-state index is 12.6. The van der Waals surface area contributed by atoms with E-state index in [1.54, 1.807) is 18.1 Å². The van der Waals surface area contributed by atoms with Crippen LogP contribution in [0.3, 0.4) is 0 Å². The van der Waals surface area contributed by atoms with E-state index in [4.69, 9.17) is 9.15 Å². The van der Waals surface area contributed by atoms with Crippen LogP contribution in [0.1, 0.15) is 31.5 Å². The van der Waals surface area contributed by atoms with Crippen LogP contribution in [0.25, 0.3) is 0 Å². The van der Waals surface area contributed by atoms with Gasteiger partial charge in [0.15, 0.2) is 0 Å². The smallest absolute Gasteiger partial charge is 0.253 e. The highest BCUT2D eigenvalue weighted by atomic mass is 16.5. The molecule has 1 N–H and O–H groups in total. The lowest BCUT2D eigenvalue weighted by molar-refractivity contribution is -0.127. The molecule has 1 saturated heterocycles. The van der Waals surface area contributed by atoms with Gasteiger partial charge in [-0.05, 0) is 19.4 Å². The number of hydrogen-bond acceptors (Lipinski definition) is 7. The van der Waals surface area contributed by atoms with E-state index in [2.05, 4.69) is 15.1 Å². The van der Waals surface area contributed by atoms with E-state index < -0.39 is 6.10 Å². The van der Waals surface area contributed by atoms with E-state index in [0.717, 1.165) is 19.4 Å². The number of β-amino-alcohol motifs (C(OH)–C–C–N with tert-alkyl or cyclic N) is 1. The molecular weight excluding hydrogens is 312 g/mol. The van der Waals surface area contributed by atoms with Crippen molar-refractivity contribution in [2.24, 2.45) is 0 Å². The Labute approximate surface area is 141 Å². The average molecular weight is 336 g/mol. The van der Waals surface area contributed by atoms with E-state index in [1.807, 2.05) is 6.92 Å². The molecule has 0 spiro atoms. The highest BCUT2D eigenvalue weighted by Crippen LogP contribution is 2.22. The van der Waals surface area contributed by atoms with Crippen LogP contribution in [-0.4, -0.2) is 69.4 Å². The summed E-state index contributed by atoms with van der Waals surface area (Å²) >= 11 is 0. The van der Waals surface area contributed by atoms with Gasteiger partial charge in [-0.25, -0.2) is 0 Å². The summed E-state index contributed by atoms with van der Waals surface area (Å²) in [7, 11) is 0. The van der Waals surface area contributed by atoms with Gasteiger partial charge >= 0.3 is 0 Å². The molecule has 0 bridgehead atoms. The molecule has 0 aliphatic carbocycles. The van der Waals surface area contributed by atoms with Crippen LogP contribution in [-0.2, 0) is 16.1 Å². The third kappa shape index (κ3) is 3.59. The summed E-state index contributed by atoms with van der Waals surface area (Å²) in [6, 6.07) is -0.142. The Morgan fingerprint density at radius 3 is 2.92 bits per heavy atom. The number of rotatable bonds is 5. The molecule has 2 aliphatic rings. The third-order valence-corrected chi connectivity index (χ3v) is 4.54. The number of likely N-dealkylation sites (tertiary alicyclic amines) is 1. The summed E-state index contributed by atoms with van der Waals surface area (Å²) in [4.78, 5) is 16.3. The lowest BCUT2D eigenvalue weighted by Gasteiger charge is -2.28. The van der Waals surface area contributed by atoms with Crippen molar-refractivity contribution >= 4 is 5.91 Å². The molecule has 8 heteroatoms. The highest BCUT2D eigenvalue weighted by Gasteiger charge is 2.38. The van der Waals surface area contributed by atoms with Gasteiger partial charge in [0.1, 0.15) is 0 Å². The van der Waals surface area contributed by atoms with Gasteiger partial charge in [0.2, 0.25) is 11.8 Å². The fourth-order valence-electron chi connectivity index (χ4n) is 3.26. The average Bonchev–Trinajstić information content (AvgIpc) is 3.18. The van der Waals surface area contributed by atoms with E-state index in [9.17, 15) is 9.90 Å². The first-order valence-electron chi connectivity index (χ1n) is 8.39. The van der Waals surface area contributed by atoms with Crippen LogP contribution in [0.2, 0.25) is 0 Å². The van der Waals surface area contributed by atoms with Gasteiger partial charge in [-0.3, -0.25) is 9.69 Å². The fraction of sp³-hybridized carbons (Fsp3) is 0.688. The Bertz CT molecular complexity index is 615. The summed E-state index contributed by atoms with van der Waals surface area (Å²) in [5.74, 6) is 1.00. The molecule has 24 heavy (non-hydrogen) atoms. The zero-order chi connectivity index (χ0) is 17.1. The Morgan fingerprint density at radius 2 is 2.29 bits per heavy atom. The normalized spacial score (nSPS) is 24.2. The number of nitrogens with zero attached hydrogens (tertiary/aromatic N) is 4. The highest BCUT2D eigenvalue weighted by molar-refractivity contribution is 5.93. The molecule has 1 fully saturated rings. The van der Waals surface area contributed by atoms with Crippen molar-refractivity contribution in [3.63, 3.8) is 0 Å². The lowest BCUT2D eigenvalue weighted by Crippen LogP contribution is -2.43. The van der Waals surface area contributed by atoms with Crippen LogP contribution < -0.4 is 0 Å². The number of carbonyl (C=O) groups is 1. The molecule has 0 saturated carbocycles. The van der Waals surface area contributed by atoms with Crippen molar-refractivity contribution in [3.05, 3.63) is 23.6 Å². The molecule has 1 amide bonds. The van der Waals surface area contributed by atoms with Gasteiger partial charge in [0, 0.05) is 20.0 Å². The minimum absolute atomic E-state index is 0.0408. The van der Waals surface area contributed by atoms with Crippen LogP contribution in [0.4, 0.5) is 0 Å². The number of carbonyl (C=O) groups excluding carboxylic acids is 1. The first-order chi connectivity index (χ1) is 11.6. The molecule has 8 nitrogen and oxygen atoms in total. The van der Waals surface area contributed by atoms with Crippen molar-refractivity contribution in [3.8, 4) is 0 Å². The van der Waals surface area contributed by atoms with Crippen LogP contribution in [0.5, 0.6) is 0 Å². The first-order valence-corrected chi connectivity index (χ1v) is 8.39. The summed E-state index contributed by atoms with van der Waals surface area (Å²) in [6.45, 7) is 6.42. The minimum Gasteiger partial charge on any atom is -0.501 e. The van der Waals surface area contributed by atoms with Crippen molar-refractivity contribution in [2.45, 2.75) is 45.4 Å². The number of aliphatic hydroxyl groups excluding tert-OH is 1. The van der Waals surface area contributed by atoms with Crippen LogP contribution in [0.15, 0.2) is 16.3 Å². The van der Waals surface area contributed by atoms with Crippen molar-refractivity contribution in [1.29, 1.82) is 0 Å². The van der Waals surface area contributed by atoms with E-state index in [1.165, 1.54) is 0 Å². The quantitative estimate of drug-likeness (QED) is 0.835. The summed E-state index contributed by atoms with van der Waals surface area (Å²) in [6.07, 6.45) is 2.55. The second-order valence-electron chi connectivity index (χ2n) is 6.24. The Hall–Kier alpha value is -1.93. The van der Waals surface area contributed by atoms with E-state index >= 15 is 0 Å². The van der Waals surface area contributed by atoms with Crippen molar-refractivity contribution in [2.75, 3.05) is 26.2 Å². The predicted molar refractivity (Wildman–Crippen MR) is 84.8 cm³/mol. The third-order valence-electron chi connectivity index (χ3n) is 4.54. The molecule has 0 aromatic carbocycles. The number of aliphatic hydroxyl groups is 1. The van der Waals surface area contributed by atoms with Crippen LogP contribution >= 0.6 is 0 Å². The largest absolute Gasteiger partial charge is 0.501 e. The number of aryl methyl sites for hydroxylation is 1. The zero-order valence-electron chi connectivity index (χ0n) is 14.1. The maximum atomic E-state index is 12.6. The molecule has 2 aliphatic heterocycles. The topological polar surface area (TPSA) is 91.9 Å². The van der Waals surface area contributed by atoms with Crippen LogP contribution in [0, 0.1) is 6.92 Å². The molecule has 1 aromatic heterocycles. The van der Waals surface area contributed by atoms with Gasteiger partial charge in [-0.15, -0.1) is 10.2 Å². The SMILES string of the molecule is CCN(Cc1nnc(C)o1)[C@@H]1CN(C(=O)C2=COCCC2)C[C@H]1O. The Balaban J connectivity index is 1.65. The predicted octanol–water partition coefficient (Wildman–Crippen LogP) is 0.466. The number of ether oxygens (including phenoxy) is 1. The summed E-state index contributed by atoms with van der Waals surface area (Å²) in [5.41, 5.74) is 0.685. The molecule has 0 radical (unpaired) electrons. The number of aromatic nitrogens is 2. The van der Waals surface area contributed by atoms with Gasteiger partial charge in [0.25, 0.3) is 5.91 Å². The van der Waals surface area contributed by atoms with E-state index in [-0.39, 0.29) is 11.9 Å². The molecule has 3 heterocycles. The fourth-order valence-corrected chi connectivity index (χ4v) is 3.26. The monoisotopic (exact) mass is 336 g/mol. The maximum Gasteiger partial charge on any atom is 0.253 e. The van der Waals surface area contributed by atoms with Crippen molar-refractivity contribution in [1.82, 2.24) is 20.0 Å². The van der Waals surface area contributed by atoms with Gasteiger partial charge in [-0.2, -0.15) is 0 Å². The zero-order valence-corrected chi connectivity index (χ0v) is 14.1. The molecule has 1 aromatic rings. The molecule has 132 valence electrons. The lowest BCUT2D eigenvalue weighted by atomic mass is 10.1. The second-order valence-corrected chi connectivity index (χ2v) is 6.24. The Kier molecular flexibility index (Phi) is 5.15. The van der Waals surface area contributed by atoms with Crippen molar-refractivity contribution < 1.29 is 19.1 Å². The first kappa shape index (κ1) is 16.9. The minimum atomic E-state index is -0.594. The second kappa shape index (κ2) is 7.31. The molecular formula is C16H24N4O4. The number of likely N-dealkylation sites (N-methyl/N-ethyl adjacent to an activating group) is 1. The molecule has 3 rings (SSSR count).